The fourth-order valence-corrected chi connectivity index (χ4v) is 5.03. The molecule has 0 bridgehead atoms. The Morgan fingerprint density at radius 1 is 0.952 bits per heavy atom. The lowest BCUT2D eigenvalue weighted by molar-refractivity contribution is 0.00872. The lowest BCUT2D eigenvalue weighted by Crippen LogP contribution is -2.62. The average molecular weight is 293 g/mol. The fraction of sp³-hybridized carbons (Fsp3) is 1.00. The van der Waals surface area contributed by atoms with E-state index in [0.29, 0.717) is 0 Å². The molecule has 122 valence electrons. The highest BCUT2D eigenvalue weighted by Crippen LogP contribution is 2.30. The van der Waals surface area contributed by atoms with Gasteiger partial charge in [0.2, 0.25) is 0 Å². The Kier molecular flexibility index (Phi) is 5.58. The van der Waals surface area contributed by atoms with Crippen molar-refractivity contribution in [2.75, 3.05) is 26.2 Å². The van der Waals surface area contributed by atoms with Crippen LogP contribution in [0, 0.1) is 0 Å². The van der Waals surface area contributed by atoms with Crippen molar-refractivity contribution < 1.29 is 0 Å². The van der Waals surface area contributed by atoms with Crippen molar-refractivity contribution in [2.45, 2.75) is 89.4 Å². The van der Waals surface area contributed by atoms with Crippen molar-refractivity contribution in [3.8, 4) is 0 Å². The number of fused-ring (bicyclic) bond motifs is 1. The molecule has 2 aliphatic heterocycles. The van der Waals surface area contributed by atoms with Gasteiger partial charge in [-0.25, -0.2) is 0 Å². The van der Waals surface area contributed by atoms with E-state index in [1.165, 1.54) is 71.0 Å². The molecular weight excluding hydrogens is 258 g/mol. The van der Waals surface area contributed by atoms with Gasteiger partial charge in [-0.05, 0) is 45.7 Å². The van der Waals surface area contributed by atoms with E-state index in [4.69, 9.17) is 0 Å². The van der Waals surface area contributed by atoms with E-state index >= 15 is 0 Å². The highest BCUT2D eigenvalue weighted by Gasteiger charge is 2.39. The van der Waals surface area contributed by atoms with Crippen molar-refractivity contribution in [1.29, 1.82) is 0 Å². The third-order valence-corrected chi connectivity index (χ3v) is 6.11. The summed E-state index contributed by atoms with van der Waals surface area (Å²) in [5.74, 6) is 0. The molecule has 3 fully saturated rings. The summed E-state index contributed by atoms with van der Waals surface area (Å²) in [4.78, 5) is 5.65. The lowest BCUT2D eigenvalue weighted by atomic mass is 9.89. The number of hydrogen-bond acceptors (Lipinski definition) is 3. The molecule has 2 heterocycles. The minimum absolute atomic E-state index is 0.728. The van der Waals surface area contributed by atoms with Crippen LogP contribution in [0.2, 0.25) is 0 Å². The molecule has 1 aliphatic carbocycles. The third-order valence-electron chi connectivity index (χ3n) is 6.11. The normalized spacial score (nSPS) is 39.7. The summed E-state index contributed by atoms with van der Waals surface area (Å²) < 4.78 is 0. The largest absolute Gasteiger partial charge is 0.313 e. The van der Waals surface area contributed by atoms with Gasteiger partial charge in [0, 0.05) is 37.3 Å². The maximum Gasteiger partial charge on any atom is 0.0253 e. The summed E-state index contributed by atoms with van der Waals surface area (Å²) in [7, 11) is 0. The van der Waals surface area contributed by atoms with Crippen LogP contribution in [0.15, 0.2) is 0 Å². The van der Waals surface area contributed by atoms with E-state index < -0.39 is 0 Å². The fourth-order valence-electron chi connectivity index (χ4n) is 5.03. The molecule has 0 aromatic carbocycles. The van der Waals surface area contributed by atoms with Gasteiger partial charge in [0.15, 0.2) is 0 Å². The summed E-state index contributed by atoms with van der Waals surface area (Å²) in [5, 5.41) is 3.82. The van der Waals surface area contributed by atoms with Crippen LogP contribution in [-0.4, -0.2) is 60.1 Å². The molecule has 1 saturated carbocycles. The minimum Gasteiger partial charge on any atom is -0.313 e. The Morgan fingerprint density at radius 2 is 1.76 bits per heavy atom. The quantitative estimate of drug-likeness (QED) is 0.863. The zero-order valence-corrected chi connectivity index (χ0v) is 14.2. The minimum atomic E-state index is 0.728. The first-order chi connectivity index (χ1) is 10.3. The topological polar surface area (TPSA) is 18.5 Å². The molecule has 0 aromatic heterocycles. The molecule has 21 heavy (non-hydrogen) atoms. The zero-order chi connectivity index (χ0) is 14.7. The molecule has 3 aliphatic rings. The van der Waals surface area contributed by atoms with E-state index in [1.54, 1.807) is 0 Å². The number of nitrogens with zero attached hydrogens (tertiary/aromatic N) is 2. The van der Waals surface area contributed by atoms with Crippen molar-refractivity contribution in [2.24, 2.45) is 0 Å². The number of likely N-dealkylation sites (N-methyl/N-ethyl adjacent to an activating group) is 1. The molecule has 4 unspecified atom stereocenters. The van der Waals surface area contributed by atoms with Gasteiger partial charge >= 0.3 is 0 Å². The predicted molar refractivity (Wildman–Crippen MR) is 89.7 cm³/mol. The third kappa shape index (κ3) is 3.62. The highest BCUT2D eigenvalue weighted by molar-refractivity contribution is 4.96. The molecule has 3 rings (SSSR count). The van der Waals surface area contributed by atoms with Gasteiger partial charge in [-0.3, -0.25) is 9.80 Å². The summed E-state index contributed by atoms with van der Waals surface area (Å²) in [5.41, 5.74) is 0. The maximum atomic E-state index is 3.82. The van der Waals surface area contributed by atoms with E-state index in [9.17, 15) is 0 Å². The van der Waals surface area contributed by atoms with E-state index in [-0.39, 0.29) is 0 Å². The first-order valence-electron chi connectivity index (χ1n) is 9.52. The first kappa shape index (κ1) is 15.8. The Hall–Kier alpha value is -0.120. The van der Waals surface area contributed by atoms with Gasteiger partial charge < -0.3 is 5.32 Å². The number of nitrogens with one attached hydrogen (secondary N) is 1. The van der Waals surface area contributed by atoms with E-state index in [1.807, 2.05) is 0 Å². The maximum absolute atomic E-state index is 3.82. The Bertz CT molecular complexity index is 320. The molecule has 0 radical (unpaired) electrons. The second kappa shape index (κ2) is 7.43. The SMILES string of the molecule is CCNC1CCCCCCC1N1CC2CCCN2CC1C. The van der Waals surface area contributed by atoms with Crippen molar-refractivity contribution in [3.63, 3.8) is 0 Å². The molecule has 3 nitrogen and oxygen atoms in total. The predicted octanol–water partition coefficient (Wildman–Crippen LogP) is 2.86. The molecule has 0 aromatic rings. The number of rotatable bonds is 3. The molecule has 3 heteroatoms. The van der Waals surface area contributed by atoms with Crippen LogP contribution < -0.4 is 5.32 Å². The first-order valence-corrected chi connectivity index (χ1v) is 9.52. The molecule has 1 N–H and O–H groups in total. The summed E-state index contributed by atoms with van der Waals surface area (Å²) in [6.07, 6.45) is 11.4. The molecule has 2 saturated heterocycles. The molecule has 4 atom stereocenters. The van der Waals surface area contributed by atoms with Crippen LogP contribution in [0.25, 0.3) is 0 Å². The molecule has 0 spiro atoms. The van der Waals surface area contributed by atoms with Gasteiger partial charge in [-0.15, -0.1) is 0 Å². The van der Waals surface area contributed by atoms with Gasteiger partial charge in [0.1, 0.15) is 0 Å². The standard InChI is InChI=1S/C18H35N3/c1-3-19-17-10-6-4-5-7-11-18(17)21-14-16-9-8-12-20(16)13-15(21)2/h15-19H,3-14H2,1-2H3. The van der Waals surface area contributed by atoms with Crippen LogP contribution in [0.3, 0.4) is 0 Å². The summed E-state index contributed by atoms with van der Waals surface area (Å²) in [6, 6.07) is 3.10. The Morgan fingerprint density at radius 3 is 2.57 bits per heavy atom. The Balaban J connectivity index is 1.70. The van der Waals surface area contributed by atoms with Gasteiger partial charge in [0.25, 0.3) is 0 Å². The van der Waals surface area contributed by atoms with Gasteiger partial charge in [-0.1, -0.05) is 32.6 Å². The zero-order valence-electron chi connectivity index (χ0n) is 14.2. The monoisotopic (exact) mass is 293 g/mol. The number of piperazine rings is 1. The van der Waals surface area contributed by atoms with Crippen molar-refractivity contribution >= 4 is 0 Å². The van der Waals surface area contributed by atoms with Crippen LogP contribution in [0.1, 0.15) is 65.2 Å². The average Bonchev–Trinajstić information content (AvgIpc) is 2.89. The van der Waals surface area contributed by atoms with Gasteiger partial charge in [-0.2, -0.15) is 0 Å². The highest BCUT2D eigenvalue weighted by atomic mass is 15.3. The van der Waals surface area contributed by atoms with Crippen molar-refractivity contribution in [1.82, 2.24) is 15.1 Å². The second-order valence-corrected chi connectivity index (χ2v) is 7.56. The summed E-state index contributed by atoms with van der Waals surface area (Å²) in [6.45, 7) is 9.85. The van der Waals surface area contributed by atoms with Crippen molar-refractivity contribution in [3.05, 3.63) is 0 Å². The lowest BCUT2D eigenvalue weighted by Gasteiger charge is -2.49. The van der Waals surface area contributed by atoms with Crippen LogP contribution in [0.5, 0.6) is 0 Å². The van der Waals surface area contributed by atoms with E-state index in [0.717, 1.165) is 30.7 Å². The van der Waals surface area contributed by atoms with E-state index in [2.05, 4.69) is 29.0 Å². The summed E-state index contributed by atoms with van der Waals surface area (Å²) >= 11 is 0. The van der Waals surface area contributed by atoms with Crippen LogP contribution >= 0.6 is 0 Å². The smallest absolute Gasteiger partial charge is 0.0253 e. The number of hydrogen-bond donors (Lipinski definition) is 1. The van der Waals surface area contributed by atoms with Crippen LogP contribution in [0.4, 0.5) is 0 Å². The van der Waals surface area contributed by atoms with Gasteiger partial charge in [0.05, 0.1) is 0 Å². The Labute approximate surface area is 131 Å². The molecular formula is C18H35N3. The second-order valence-electron chi connectivity index (χ2n) is 7.56. The molecule has 0 amide bonds. The van der Waals surface area contributed by atoms with Crippen LogP contribution in [-0.2, 0) is 0 Å².